The summed E-state index contributed by atoms with van der Waals surface area (Å²) < 4.78 is 53.4. The largest absolute Gasteiger partial charge is 0.302 e. The number of nitrogens with zero attached hydrogens (tertiary/aromatic N) is 2. The van der Waals surface area contributed by atoms with Crippen molar-refractivity contribution < 1.29 is 26.4 Å². The van der Waals surface area contributed by atoms with Crippen LogP contribution < -0.4 is 0 Å². The van der Waals surface area contributed by atoms with Gasteiger partial charge in [-0.1, -0.05) is 57.0 Å². The van der Waals surface area contributed by atoms with Crippen molar-refractivity contribution in [2.24, 2.45) is 0 Å². The molecule has 0 bridgehead atoms. The molecule has 12 heteroatoms. The maximum absolute atomic E-state index is 13.1. The number of carbonyl (C=O) groups excluding carboxylic acids is 2. The molecule has 2 aliphatic heterocycles. The summed E-state index contributed by atoms with van der Waals surface area (Å²) in [6.07, 6.45) is 3.08. The average Bonchev–Trinajstić information content (AvgIpc) is 2.93. The van der Waals surface area contributed by atoms with Crippen molar-refractivity contribution in [3.8, 4) is 0 Å². The third kappa shape index (κ3) is 6.05. The molecule has 2 aromatic rings. The van der Waals surface area contributed by atoms with Crippen LogP contribution in [0.1, 0.15) is 36.8 Å². The van der Waals surface area contributed by atoms with Crippen molar-refractivity contribution in [3.63, 3.8) is 0 Å². The van der Waals surface area contributed by atoms with Gasteiger partial charge in [0, 0.05) is 26.2 Å². The van der Waals surface area contributed by atoms with E-state index in [-0.39, 0.29) is 36.0 Å². The molecule has 2 saturated heterocycles. The Balaban J connectivity index is 1.37. The van der Waals surface area contributed by atoms with E-state index >= 15 is 0 Å². The topological polar surface area (TPSA) is 109 Å². The van der Waals surface area contributed by atoms with Crippen molar-refractivity contribution >= 4 is 54.2 Å². The van der Waals surface area contributed by atoms with Crippen LogP contribution >= 0.6 is 21.6 Å². The first-order chi connectivity index (χ1) is 18.0. The van der Waals surface area contributed by atoms with Crippen LogP contribution in [0.5, 0.6) is 0 Å². The lowest BCUT2D eigenvalue weighted by atomic mass is 9.99. The molecule has 2 heterocycles. The van der Waals surface area contributed by atoms with Crippen molar-refractivity contribution in [2.75, 3.05) is 26.2 Å². The zero-order valence-electron chi connectivity index (χ0n) is 21.4. The van der Waals surface area contributed by atoms with E-state index in [4.69, 9.17) is 0 Å². The Labute approximate surface area is 233 Å². The molecule has 0 atom stereocenters. The minimum Gasteiger partial charge on any atom is -0.302 e. The number of hydrogen-bond donors (Lipinski definition) is 0. The molecular weight excluding hydrogens is 565 g/mol. The summed E-state index contributed by atoms with van der Waals surface area (Å²) in [4.78, 5) is 24.9. The van der Waals surface area contributed by atoms with Crippen molar-refractivity contribution in [2.45, 2.75) is 58.8 Å². The second-order valence-corrected chi connectivity index (χ2v) is 16.8. The van der Waals surface area contributed by atoms with Gasteiger partial charge in [-0.05, 0) is 63.8 Å². The van der Waals surface area contributed by atoms with Gasteiger partial charge in [0.25, 0.3) is 0 Å². The first kappa shape index (κ1) is 29.3. The van der Waals surface area contributed by atoms with E-state index in [9.17, 15) is 26.4 Å². The predicted octanol–water partition coefficient (Wildman–Crippen LogP) is 3.83. The zero-order chi connectivity index (χ0) is 27.6. The van der Waals surface area contributed by atoms with E-state index in [1.807, 2.05) is 13.8 Å². The van der Waals surface area contributed by atoms with Crippen molar-refractivity contribution in [1.29, 1.82) is 0 Å². The summed E-state index contributed by atoms with van der Waals surface area (Å²) >= 11 is 0. The van der Waals surface area contributed by atoms with Crippen LogP contribution in [0.2, 0.25) is 0 Å². The highest BCUT2D eigenvalue weighted by atomic mass is 33.1. The molecule has 2 fully saturated rings. The smallest absolute Gasteiger partial charge is 0.243 e. The molecule has 0 amide bonds. The summed E-state index contributed by atoms with van der Waals surface area (Å²) in [7, 11) is -4.66. The van der Waals surface area contributed by atoms with E-state index < -0.39 is 29.5 Å². The molecule has 2 aliphatic rings. The van der Waals surface area contributed by atoms with Gasteiger partial charge in [-0.15, -0.1) is 0 Å². The van der Waals surface area contributed by atoms with Gasteiger partial charge >= 0.3 is 0 Å². The second kappa shape index (κ2) is 11.4. The molecule has 38 heavy (non-hydrogen) atoms. The normalized spacial score (nSPS) is 20.6. The van der Waals surface area contributed by atoms with E-state index in [1.54, 1.807) is 48.5 Å². The van der Waals surface area contributed by atoms with Gasteiger partial charge in [0.2, 0.25) is 20.0 Å². The Hall–Kier alpha value is -1.70. The first-order valence-corrected chi connectivity index (χ1v) is 17.4. The minimum atomic E-state index is -3.65. The van der Waals surface area contributed by atoms with Crippen LogP contribution in [0.15, 0.2) is 58.3 Å². The third-order valence-corrected chi connectivity index (χ3v) is 15.1. The molecule has 0 N–H and O–H groups in total. The molecule has 2 aromatic carbocycles. The van der Waals surface area contributed by atoms with Gasteiger partial charge in [0.05, 0.1) is 19.3 Å². The molecule has 0 saturated carbocycles. The molecule has 0 aromatic heterocycles. The Kier molecular flexibility index (Phi) is 8.80. The molecule has 8 nitrogen and oxygen atoms in total. The van der Waals surface area contributed by atoms with Gasteiger partial charge in [-0.3, -0.25) is 0 Å². The minimum absolute atomic E-state index is 0.208. The highest BCUT2D eigenvalue weighted by molar-refractivity contribution is 8.78. The average molecular weight is 597 g/mol. The number of sulfonamides is 2. The van der Waals surface area contributed by atoms with Gasteiger partial charge in [0.1, 0.15) is 12.6 Å². The SMILES string of the molecule is Cc1ccc(S(=O)(=O)N2CCC(C=O)(SSC3(C=O)CCN(S(=O)(=O)c4ccc(C)cc4)CC3)CC2)cc1. The van der Waals surface area contributed by atoms with Gasteiger partial charge in [-0.2, -0.15) is 8.61 Å². The number of piperidine rings is 2. The highest BCUT2D eigenvalue weighted by Gasteiger charge is 2.44. The fourth-order valence-corrected chi connectivity index (χ4v) is 10.8. The van der Waals surface area contributed by atoms with Crippen LogP contribution in [-0.2, 0) is 29.6 Å². The summed E-state index contributed by atoms with van der Waals surface area (Å²) in [6.45, 7) is 4.61. The van der Waals surface area contributed by atoms with Crippen LogP contribution in [0.3, 0.4) is 0 Å². The lowest BCUT2D eigenvalue weighted by molar-refractivity contribution is -0.111. The number of aryl methyl sites for hydroxylation is 2. The van der Waals surface area contributed by atoms with E-state index in [2.05, 4.69) is 0 Å². The summed E-state index contributed by atoms with van der Waals surface area (Å²) in [5.41, 5.74) is 1.94. The maximum Gasteiger partial charge on any atom is 0.243 e. The fourth-order valence-electron chi connectivity index (χ4n) is 4.54. The quantitative estimate of drug-likeness (QED) is 0.318. The first-order valence-electron chi connectivity index (χ1n) is 12.4. The summed E-state index contributed by atoms with van der Waals surface area (Å²) in [6, 6.07) is 13.4. The highest BCUT2D eigenvalue weighted by Crippen LogP contribution is 2.50. The predicted molar refractivity (Wildman–Crippen MR) is 151 cm³/mol. The van der Waals surface area contributed by atoms with Crippen LogP contribution in [0.25, 0.3) is 0 Å². The lowest BCUT2D eigenvalue weighted by Crippen LogP contribution is -2.47. The summed E-state index contributed by atoms with van der Waals surface area (Å²) in [5.74, 6) is 0. The van der Waals surface area contributed by atoms with E-state index in [1.165, 1.54) is 30.2 Å². The Bertz CT molecular complexity index is 1250. The van der Waals surface area contributed by atoms with Crippen molar-refractivity contribution in [1.82, 2.24) is 8.61 Å². The maximum atomic E-state index is 13.1. The Morgan fingerprint density at radius 3 is 1.16 bits per heavy atom. The molecule has 206 valence electrons. The molecule has 0 aliphatic carbocycles. The third-order valence-electron chi connectivity index (χ3n) is 7.26. The second-order valence-electron chi connectivity index (χ2n) is 9.97. The monoisotopic (exact) mass is 596 g/mol. The van der Waals surface area contributed by atoms with Crippen LogP contribution in [0, 0.1) is 13.8 Å². The lowest BCUT2D eigenvalue weighted by Gasteiger charge is -2.40. The fraction of sp³-hybridized carbons (Fsp3) is 0.462. The molecule has 0 spiro atoms. The van der Waals surface area contributed by atoms with Crippen molar-refractivity contribution in [3.05, 3.63) is 59.7 Å². The van der Waals surface area contributed by atoms with Gasteiger partial charge < -0.3 is 9.59 Å². The molecule has 0 unspecified atom stereocenters. The number of rotatable bonds is 9. The zero-order valence-corrected chi connectivity index (χ0v) is 24.7. The van der Waals surface area contributed by atoms with Crippen LogP contribution in [0.4, 0.5) is 0 Å². The van der Waals surface area contributed by atoms with E-state index in [0.29, 0.717) is 25.7 Å². The standard InChI is InChI=1S/C26H32N2O6S4/c1-21-3-7-23(8-4-21)37(31,32)27-15-11-25(19-29,12-16-27)35-36-26(20-30)13-17-28(18-14-26)38(33,34)24-9-5-22(2)6-10-24/h3-10,19-20H,11-18H2,1-2H3. The molecule has 4 rings (SSSR count). The Morgan fingerprint density at radius 2 is 0.895 bits per heavy atom. The molecular formula is C26H32N2O6S4. The number of aldehydes is 2. The summed E-state index contributed by atoms with van der Waals surface area (Å²) in [5, 5.41) is 0. The van der Waals surface area contributed by atoms with Gasteiger partial charge in [-0.25, -0.2) is 16.8 Å². The number of benzene rings is 2. The number of carbonyl (C=O) groups is 2. The Morgan fingerprint density at radius 1 is 0.605 bits per heavy atom. The van der Waals surface area contributed by atoms with E-state index in [0.717, 1.165) is 23.7 Å². The van der Waals surface area contributed by atoms with Crippen LogP contribution in [-0.4, -0.2) is 73.7 Å². The molecule has 0 radical (unpaired) electrons. The number of hydrogen-bond acceptors (Lipinski definition) is 8. The van der Waals surface area contributed by atoms with Gasteiger partial charge in [0.15, 0.2) is 0 Å².